The number of carbonyl (C=O) groups is 1. The lowest BCUT2D eigenvalue weighted by atomic mass is 10.0. The van der Waals surface area contributed by atoms with Gasteiger partial charge in [-0.15, -0.1) is 0 Å². The van der Waals surface area contributed by atoms with E-state index in [9.17, 15) is 4.79 Å². The summed E-state index contributed by atoms with van der Waals surface area (Å²) in [4.78, 5) is 15.1. The molecule has 4 rings (SSSR count). The number of amides is 1. The van der Waals surface area contributed by atoms with Crippen molar-refractivity contribution >= 4 is 33.2 Å². The average Bonchev–Trinajstić information content (AvgIpc) is 2.68. The number of methoxy groups -OCH3 is 1. The number of nitrogens with zero attached hydrogens (tertiary/aromatic N) is 1. The zero-order chi connectivity index (χ0) is 18.1. The van der Waals surface area contributed by atoms with E-state index in [1.54, 1.807) is 12.0 Å². The summed E-state index contributed by atoms with van der Waals surface area (Å²) >= 11 is 3.47. The highest BCUT2D eigenvalue weighted by atomic mass is 79.9. The van der Waals surface area contributed by atoms with Crippen LogP contribution >= 0.6 is 15.9 Å². The molecule has 0 bridgehead atoms. The Morgan fingerprint density at radius 3 is 2.42 bits per heavy atom. The summed E-state index contributed by atoms with van der Waals surface area (Å²) in [6.45, 7) is 0. The largest absolute Gasteiger partial charge is 0.495 e. The Labute approximate surface area is 160 Å². The van der Waals surface area contributed by atoms with Crippen LogP contribution in [0, 0.1) is 0 Å². The molecule has 0 saturated carbocycles. The molecule has 0 fully saturated rings. The normalized spacial score (nSPS) is 16.0. The van der Waals surface area contributed by atoms with Gasteiger partial charge in [-0.25, -0.2) is 0 Å². The number of carbonyl (C=O) groups excluding carboxylic acids is 1. The topological polar surface area (TPSA) is 41.6 Å². The van der Waals surface area contributed by atoms with Gasteiger partial charge in [0, 0.05) is 10.2 Å². The van der Waals surface area contributed by atoms with E-state index >= 15 is 0 Å². The molecule has 26 heavy (non-hydrogen) atoms. The predicted octanol–water partition coefficient (Wildman–Crippen LogP) is 5.23. The molecule has 0 spiro atoms. The van der Waals surface area contributed by atoms with Crippen LogP contribution in [-0.2, 0) is 0 Å². The van der Waals surface area contributed by atoms with Crippen LogP contribution in [0.3, 0.4) is 0 Å². The summed E-state index contributed by atoms with van der Waals surface area (Å²) in [7, 11) is 1.61. The van der Waals surface area contributed by atoms with Crippen molar-refractivity contribution in [2.24, 2.45) is 0 Å². The molecule has 1 aliphatic rings. The Kier molecular flexibility index (Phi) is 4.39. The number of benzene rings is 3. The molecule has 1 aliphatic heterocycles. The Bertz CT molecular complexity index is 956. The molecular formula is C21H17BrN2O2. The first-order chi connectivity index (χ1) is 12.7. The number of halogens is 1. The molecule has 1 atom stereocenters. The second kappa shape index (κ2) is 6.84. The zero-order valence-electron chi connectivity index (χ0n) is 14.1. The van der Waals surface area contributed by atoms with E-state index in [0.717, 1.165) is 21.4 Å². The summed E-state index contributed by atoms with van der Waals surface area (Å²) in [5.74, 6) is 0.598. The van der Waals surface area contributed by atoms with Crippen molar-refractivity contribution in [2.45, 2.75) is 6.17 Å². The fourth-order valence-electron chi connectivity index (χ4n) is 3.21. The van der Waals surface area contributed by atoms with Crippen molar-refractivity contribution in [3.05, 3.63) is 88.4 Å². The number of hydrogen-bond acceptors (Lipinski definition) is 3. The van der Waals surface area contributed by atoms with Gasteiger partial charge in [0.25, 0.3) is 5.91 Å². The standard InChI is InChI=1S/C21H17BrN2O2/c1-26-19-9-5-4-8-18(19)24-20(14-10-12-15(22)13-11-14)23-17-7-3-2-6-16(17)21(24)25/h2-13,20,23H,1H3. The molecule has 1 amide bonds. The van der Waals surface area contributed by atoms with Crippen LogP contribution in [0.2, 0.25) is 0 Å². The lowest BCUT2D eigenvalue weighted by molar-refractivity contribution is 0.0974. The second-order valence-electron chi connectivity index (χ2n) is 5.99. The Balaban J connectivity index is 1.89. The summed E-state index contributed by atoms with van der Waals surface area (Å²) in [5, 5.41) is 3.50. The highest BCUT2D eigenvalue weighted by Gasteiger charge is 2.35. The van der Waals surface area contributed by atoms with E-state index in [-0.39, 0.29) is 12.1 Å². The number of ether oxygens (including phenoxy) is 1. The van der Waals surface area contributed by atoms with Crippen molar-refractivity contribution in [2.75, 3.05) is 17.3 Å². The third-order valence-electron chi connectivity index (χ3n) is 4.46. The molecule has 4 nitrogen and oxygen atoms in total. The van der Waals surface area contributed by atoms with Crippen molar-refractivity contribution in [1.29, 1.82) is 0 Å². The van der Waals surface area contributed by atoms with Gasteiger partial charge in [0.05, 0.1) is 18.4 Å². The van der Waals surface area contributed by atoms with Crippen LogP contribution in [0.25, 0.3) is 0 Å². The Hall–Kier alpha value is -2.79. The van der Waals surface area contributed by atoms with Gasteiger partial charge in [0.15, 0.2) is 0 Å². The molecular weight excluding hydrogens is 392 g/mol. The number of rotatable bonds is 3. The lowest BCUT2D eigenvalue weighted by Gasteiger charge is -2.38. The van der Waals surface area contributed by atoms with Gasteiger partial charge in [-0.3, -0.25) is 9.69 Å². The summed E-state index contributed by atoms with van der Waals surface area (Å²) in [6.07, 6.45) is -0.332. The molecule has 0 aromatic heterocycles. The molecule has 1 N–H and O–H groups in total. The first kappa shape index (κ1) is 16.7. The maximum Gasteiger partial charge on any atom is 0.262 e. The van der Waals surface area contributed by atoms with Gasteiger partial charge in [0.2, 0.25) is 0 Å². The molecule has 1 heterocycles. The quantitative estimate of drug-likeness (QED) is 0.644. The number of hydrogen-bond donors (Lipinski definition) is 1. The van der Waals surface area contributed by atoms with Crippen LogP contribution in [0.5, 0.6) is 5.75 Å². The van der Waals surface area contributed by atoms with Crippen molar-refractivity contribution < 1.29 is 9.53 Å². The number of fused-ring (bicyclic) bond motifs is 1. The van der Waals surface area contributed by atoms with Crippen LogP contribution in [0.15, 0.2) is 77.3 Å². The highest BCUT2D eigenvalue weighted by Crippen LogP contribution is 2.40. The van der Waals surface area contributed by atoms with Crippen LogP contribution in [0.4, 0.5) is 11.4 Å². The molecule has 3 aromatic rings. The van der Waals surface area contributed by atoms with Gasteiger partial charge in [-0.1, -0.05) is 52.3 Å². The maximum atomic E-state index is 13.4. The monoisotopic (exact) mass is 408 g/mol. The van der Waals surface area contributed by atoms with Gasteiger partial charge in [-0.2, -0.15) is 0 Å². The fourth-order valence-corrected chi connectivity index (χ4v) is 3.47. The third-order valence-corrected chi connectivity index (χ3v) is 4.99. The molecule has 0 radical (unpaired) electrons. The zero-order valence-corrected chi connectivity index (χ0v) is 15.7. The van der Waals surface area contributed by atoms with E-state index < -0.39 is 0 Å². The van der Waals surface area contributed by atoms with Gasteiger partial charge in [0.1, 0.15) is 11.9 Å². The van der Waals surface area contributed by atoms with E-state index in [1.807, 2.05) is 72.8 Å². The minimum Gasteiger partial charge on any atom is -0.495 e. The highest BCUT2D eigenvalue weighted by molar-refractivity contribution is 9.10. The van der Waals surface area contributed by atoms with Crippen LogP contribution in [-0.4, -0.2) is 13.0 Å². The second-order valence-corrected chi connectivity index (χ2v) is 6.91. The average molecular weight is 409 g/mol. The van der Waals surface area contributed by atoms with Gasteiger partial charge < -0.3 is 10.1 Å². The molecule has 0 aliphatic carbocycles. The summed E-state index contributed by atoms with van der Waals surface area (Å²) in [6, 6.07) is 23.1. The third kappa shape index (κ3) is 2.84. The van der Waals surface area contributed by atoms with E-state index in [2.05, 4.69) is 21.2 Å². The first-order valence-electron chi connectivity index (χ1n) is 8.26. The van der Waals surface area contributed by atoms with E-state index in [0.29, 0.717) is 11.3 Å². The van der Waals surface area contributed by atoms with E-state index in [4.69, 9.17) is 4.74 Å². The molecule has 0 saturated heterocycles. The predicted molar refractivity (Wildman–Crippen MR) is 107 cm³/mol. The maximum absolute atomic E-state index is 13.4. The Morgan fingerprint density at radius 1 is 0.962 bits per heavy atom. The number of nitrogens with one attached hydrogen (secondary N) is 1. The molecule has 130 valence electrons. The van der Waals surface area contributed by atoms with Gasteiger partial charge >= 0.3 is 0 Å². The van der Waals surface area contributed by atoms with Crippen molar-refractivity contribution in [3.8, 4) is 5.75 Å². The molecule has 1 unspecified atom stereocenters. The van der Waals surface area contributed by atoms with Gasteiger partial charge in [-0.05, 0) is 42.0 Å². The van der Waals surface area contributed by atoms with Crippen molar-refractivity contribution in [3.63, 3.8) is 0 Å². The minimum atomic E-state index is -0.332. The molecule has 3 aromatic carbocycles. The van der Waals surface area contributed by atoms with Crippen LogP contribution in [0.1, 0.15) is 22.1 Å². The minimum absolute atomic E-state index is 0.0585. The first-order valence-corrected chi connectivity index (χ1v) is 9.06. The number of anilines is 2. The van der Waals surface area contributed by atoms with E-state index in [1.165, 1.54) is 0 Å². The number of para-hydroxylation sites is 3. The summed E-state index contributed by atoms with van der Waals surface area (Å²) < 4.78 is 6.50. The lowest BCUT2D eigenvalue weighted by Crippen LogP contribution is -2.43. The summed E-state index contributed by atoms with van der Waals surface area (Å²) in [5.41, 5.74) is 3.19. The van der Waals surface area contributed by atoms with Crippen molar-refractivity contribution in [1.82, 2.24) is 0 Å². The smallest absolute Gasteiger partial charge is 0.262 e. The molecule has 5 heteroatoms. The fraction of sp³-hybridized carbons (Fsp3) is 0.0952. The Morgan fingerprint density at radius 2 is 1.65 bits per heavy atom. The SMILES string of the molecule is COc1ccccc1N1C(=O)c2ccccc2NC1c1ccc(Br)cc1. The van der Waals surface area contributed by atoms with Crippen LogP contribution < -0.4 is 15.0 Å².